The van der Waals surface area contributed by atoms with E-state index in [1.807, 2.05) is 0 Å². The lowest BCUT2D eigenvalue weighted by atomic mass is 10.1. The van der Waals surface area contributed by atoms with Gasteiger partial charge in [-0.3, -0.25) is 14.3 Å². The van der Waals surface area contributed by atoms with Crippen molar-refractivity contribution >= 4 is 11.9 Å². The zero-order chi connectivity index (χ0) is 24.2. The third-order valence-electron chi connectivity index (χ3n) is 5.33. The number of rotatable bonds is 6. The summed E-state index contributed by atoms with van der Waals surface area (Å²) in [6.45, 7) is 1.01. The summed E-state index contributed by atoms with van der Waals surface area (Å²) in [6.07, 6.45) is -5.04. The van der Waals surface area contributed by atoms with Crippen molar-refractivity contribution in [2.75, 3.05) is 6.61 Å². The van der Waals surface area contributed by atoms with Crippen LogP contribution < -0.4 is 11.2 Å². The standard InChI is InChI=1S/C24H21FN2O7/c1-14-12-27(24(31)26-20(14)28)21-18(25)19(34-23(30)16-10-6-3-7-11-16)17(33-21)13-32-22(29)15-8-4-2-5-9-15/h2-12,17-19,21H,13H2,1H3,(H,26,28,31)/t17-,18-,19-,21-/m1/s1. The summed E-state index contributed by atoms with van der Waals surface area (Å²) in [5.74, 6) is -1.48. The van der Waals surface area contributed by atoms with Crippen LogP contribution in [0.3, 0.4) is 0 Å². The Morgan fingerprint density at radius 3 is 2.21 bits per heavy atom. The van der Waals surface area contributed by atoms with E-state index >= 15 is 4.39 Å². The fourth-order valence-electron chi connectivity index (χ4n) is 3.55. The van der Waals surface area contributed by atoms with Gasteiger partial charge in [-0.1, -0.05) is 36.4 Å². The predicted molar refractivity (Wildman–Crippen MR) is 117 cm³/mol. The van der Waals surface area contributed by atoms with Crippen LogP contribution >= 0.6 is 0 Å². The number of halogens is 1. The van der Waals surface area contributed by atoms with Gasteiger partial charge in [-0.2, -0.15) is 0 Å². The fourth-order valence-corrected chi connectivity index (χ4v) is 3.55. The highest BCUT2D eigenvalue weighted by Crippen LogP contribution is 2.34. The van der Waals surface area contributed by atoms with Gasteiger partial charge in [-0.05, 0) is 31.2 Å². The number of ether oxygens (including phenoxy) is 3. The minimum Gasteiger partial charge on any atom is -0.459 e. The molecule has 1 fully saturated rings. The molecule has 4 rings (SSSR count). The van der Waals surface area contributed by atoms with E-state index in [2.05, 4.69) is 4.98 Å². The molecule has 0 unspecified atom stereocenters. The number of hydrogen-bond acceptors (Lipinski definition) is 7. The van der Waals surface area contributed by atoms with Crippen molar-refractivity contribution < 1.29 is 28.2 Å². The summed E-state index contributed by atoms with van der Waals surface area (Å²) in [7, 11) is 0. The molecule has 1 saturated heterocycles. The van der Waals surface area contributed by atoms with Gasteiger partial charge in [-0.15, -0.1) is 0 Å². The number of esters is 2. The molecule has 10 heteroatoms. The molecular weight excluding hydrogens is 447 g/mol. The van der Waals surface area contributed by atoms with Crippen molar-refractivity contribution in [2.24, 2.45) is 0 Å². The highest BCUT2D eigenvalue weighted by Gasteiger charge is 2.49. The molecule has 1 aliphatic heterocycles. The number of aromatic nitrogens is 2. The van der Waals surface area contributed by atoms with Crippen molar-refractivity contribution in [1.82, 2.24) is 9.55 Å². The second-order valence-corrected chi connectivity index (χ2v) is 7.69. The summed E-state index contributed by atoms with van der Waals surface area (Å²) in [6, 6.07) is 16.1. The second kappa shape index (κ2) is 9.84. The number of hydrogen-bond donors (Lipinski definition) is 1. The fraction of sp³-hybridized carbons (Fsp3) is 0.250. The first-order valence-electron chi connectivity index (χ1n) is 10.4. The van der Waals surface area contributed by atoms with Crippen LogP contribution in [0.5, 0.6) is 0 Å². The van der Waals surface area contributed by atoms with Crippen LogP contribution in [0.1, 0.15) is 32.5 Å². The summed E-state index contributed by atoms with van der Waals surface area (Å²) in [4.78, 5) is 51.0. The zero-order valence-electron chi connectivity index (χ0n) is 18.1. The van der Waals surface area contributed by atoms with Crippen LogP contribution in [0.25, 0.3) is 0 Å². The smallest absolute Gasteiger partial charge is 0.338 e. The SMILES string of the molecule is Cc1cn([C@@H]2O[C@H](COC(=O)c3ccccc3)[C@@H](OC(=O)c3ccccc3)[C@H]2F)c(=O)[nH]c1=O. The average Bonchev–Trinajstić information content (AvgIpc) is 3.15. The Morgan fingerprint density at radius 2 is 1.59 bits per heavy atom. The lowest BCUT2D eigenvalue weighted by molar-refractivity contribution is -0.0592. The summed E-state index contributed by atoms with van der Waals surface area (Å²) >= 11 is 0. The Balaban J connectivity index is 1.59. The summed E-state index contributed by atoms with van der Waals surface area (Å²) in [5.41, 5.74) is -0.880. The zero-order valence-corrected chi connectivity index (χ0v) is 18.1. The number of H-pyrrole nitrogens is 1. The molecule has 0 spiro atoms. The maximum absolute atomic E-state index is 15.5. The van der Waals surface area contributed by atoms with Gasteiger partial charge >= 0.3 is 17.6 Å². The molecule has 0 radical (unpaired) electrons. The van der Waals surface area contributed by atoms with E-state index in [0.717, 1.165) is 10.8 Å². The number of benzene rings is 2. The van der Waals surface area contributed by atoms with Crippen molar-refractivity contribution in [1.29, 1.82) is 0 Å². The molecule has 1 N–H and O–H groups in total. The lowest BCUT2D eigenvalue weighted by Gasteiger charge is -2.19. The van der Waals surface area contributed by atoms with E-state index in [0.29, 0.717) is 0 Å². The van der Waals surface area contributed by atoms with Crippen molar-refractivity contribution in [3.8, 4) is 0 Å². The van der Waals surface area contributed by atoms with Crippen LogP contribution in [-0.4, -0.2) is 46.5 Å². The molecule has 1 aromatic heterocycles. The molecule has 3 aromatic rings. The van der Waals surface area contributed by atoms with E-state index in [1.54, 1.807) is 48.5 Å². The van der Waals surface area contributed by atoms with Crippen LogP contribution in [-0.2, 0) is 14.2 Å². The molecule has 2 aromatic carbocycles. The lowest BCUT2D eigenvalue weighted by Crippen LogP contribution is -2.38. The Labute approximate surface area is 192 Å². The van der Waals surface area contributed by atoms with Gasteiger partial charge < -0.3 is 14.2 Å². The molecule has 1 aliphatic rings. The van der Waals surface area contributed by atoms with Gasteiger partial charge in [0, 0.05) is 11.8 Å². The number of nitrogens with one attached hydrogen (secondary N) is 1. The Hall–Kier alpha value is -4.05. The van der Waals surface area contributed by atoms with E-state index in [9.17, 15) is 19.2 Å². The maximum atomic E-state index is 15.5. The summed E-state index contributed by atoms with van der Waals surface area (Å²) in [5, 5.41) is 0. The van der Waals surface area contributed by atoms with Gasteiger partial charge in [0.2, 0.25) is 0 Å². The Bertz CT molecular complexity index is 1290. The molecule has 0 bridgehead atoms. The highest BCUT2D eigenvalue weighted by molar-refractivity contribution is 5.90. The molecule has 34 heavy (non-hydrogen) atoms. The van der Waals surface area contributed by atoms with Crippen LogP contribution in [0.2, 0.25) is 0 Å². The van der Waals surface area contributed by atoms with Gasteiger partial charge in [0.05, 0.1) is 11.1 Å². The number of aryl methyl sites for hydroxylation is 1. The Morgan fingerprint density at radius 1 is 1.00 bits per heavy atom. The van der Waals surface area contributed by atoms with Crippen LogP contribution in [0.4, 0.5) is 4.39 Å². The monoisotopic (exact) mass is 468 g/mol. The van der Waals surface area contributed by atoms with Gasteiger partial charge in [0.1, 0.15) is 12.7 Å². The quantitative estimate of drug-likeness (QED) is 0.551. The van der Waals surface area contributed by atoms with Gasteiger partial charge in [0.15, 0.2) is 18.5 Å². The Kier molecular flexibility index (Phi) is 6.69. The summed E-state index contributed by atoms with van der Waals surface area (Å²) < 4.78 is 32.7. The highest BCUT2D eigenvalue weighted by atomic mass is 19.1. The van der Waals surface area contributed by atoms with Crippen molar-refractivity contribution in [3.05, 3.63) is 104 Å². The average molecular weight is 468 g/mol. The molecular formula is C24H21FN2O7. The minimum atomic E-state index is -1.99. The minimum absolute atomic E-state index is 0.159. The largest absolute Gasteiger partial charge is 0.459 e. The molecule has 4 atom stereocenters. The molecule has 0 aliphatic carbocycles. The third-order valence-corrected chi connectivity index (χ3v) is 5.33. The third kappa shape index (κ3) is 4.81. The first-order chi connectivity index (χ1) is 16.3. The van der Waals surface area contributed by atoms with Crippen LogP contribution in [0.15, 0.2) is 76.4 Å². The van der Waals surface area contributed by atoms with Crippen molar-refractivity contribution in [3.63, 3.8) is 0 Å². The number of aromatic amines is 1. The number of carbonyl (C=O) groups is 2. The first kappa shape index (κ1) is 23.1. The molecule has 176 valence electrons. The second-order valence-electron chi connectivity index (χ2n) is 7.69. The van der Waals surface area contributed by atoms with E-state index in [-0.39, 0.29) is 16.7 Å². The number of nitrogens with zero attached hydrogens (tertiary/aromatic N) is 1. The molecule has 0 amide bonds. The maximum Gasteiger partial charge on any atom is 0.338 e. The molecule has 0 saturated carbocycles. The van der Waals surface area contributed by atoms with Gasteiger partial charge in [-0.25, -0.2) is 18.8 Å². The van der Waals surface area contributed by atoms with Gasteiger partial charge in [0.25, 0.3) is 5.56 Å². The van der Waals surface area contributed by atoms with E-state index in [1.165, 1.54) is 19.1 Å². The van der Waals surface area contributed by atoms with Crippen LogP contribution in [0, 0.1) is 6.92 Å². The topological polar surface area (TPSA) is 117 Å². The predicted octanol–water partition coefficient (Wildman–Crippen LogP) is 2.16. The normalized spacial score (nSPS) is 21.7. The molecule has 2 heterocycles. The number of carbonyl (C=O) groups excluding carboxylic acids is 2. The van der Waals surface area contributed by atoms with Crippen molar-refractivity contribution in [2.45, 2.75) is 31.5 Å². The number of alkyl halides is 1. The molecule has 9 nitrogen and oxygen atoms in total. The van der Waals surface area contributed by atoms with E-state index in [4.69, 9.17) is 14.2 Å². The van der Waals surface area contributed by atoms with E-state index < -0.39 is 54.4 Å². The first-order valence-corrected chi connectivity index (χ1v) is 10.4.